The molecule has 254 valence electrons. The molecule has 1 aromatic rings. The second-order valence-electron chi connectivity index (χ2n) is 12.9. The van der Waals surface area contributed by atoms with E-state index in [-0.39, 0.29) is 31.3 Å². The Kier molecular flexibility index (Phi) is 10.2. The van der Waals surface area contributed by atoms with Crippen LogP contribution in [0.3, 0.4) is 0 Å². The number of cyclic esters (lactones) is 1. The summed E-state index contributed by atoms with van der Waals surface area (Å²) in [7, 11) is 4.43. The molecule has 4 fully saturated rings. The minimum absolute atomic E-state index is 0.00131. The number of carbonyl (C=O) groups is 3. The zero-order valence-electron chi connectivity index (χ0n) is 27.5. The summed E-state index contributed by atoms with van der Waals surface area (Å²) in [5, 5.41) is 0. The van der Waals surface area contributed by atoms with Crippen molar-refractivity contribution in [3.05, 3.63) is 48.0 Å². The van der Waals surface area contributed by atoms with Crippen molar-refractivity contribution >= 4 is 18.0 Å². The van der Waals surface area contributed by atoms with Gasteiger partial charge in [-0.1, -0.05) is 51.1 Å². The first-order valence-corrected chi connectivity index (χ1v) is 15.5. The molecule has 4 heterocycles. The van der Waals surface area contributed by atoms with Crippen molar-refractivity contribution in [2.75, 3.05) is 34.7 Å². The van der Waals surface area contributed by atoms with Gasteiger partial charge in [0.2, 0.25) is 11.9 Å². The molecule has 0 aliphatic carbocycles. The van der Waals surface area contributed by atoms with Crippen molar-refractivity contribution in [3.8, 4) is 0 Å². The molecule has 0 N–H and O–H groups in total. The van der Waals surface area contributed by atoms with E-state index in [2.05, 4.69) is 6.58 Å². The maximum Gasteiger partial charge on any atom is 0.419 e. The topological polar surface area (TPSA) is 138 Å². The lowest BCUT2D eigenvalue weighted by Crippen LogP contribution is -2.71. The number of benzene rings is 1. The Labute approximate surface area is 269 Å². The van der Waals surface area contributed by atoms with E-state index in [4.69, 9.17) is 42.6 Å². The van der Waals surface area contributed by atoms with Gasteiger partial charge in [0.05, 0.1) is 30.0 Å². The van der Waals surface area contributed by atoms with E-state index < -0.39 is 78.1 Å². The predicted molar refractivity (Wildman–Crippen MR) is 160 cm³/mol. The molecule has 0 unspecified atom stereocenters. The van der Waals surface area contributed by atoms with E-state index in [1.165, 1.54) is 14.2 Å². The van der Waals surface area contributed by atoms with Crippen molar-refractivity contribution in [2.24, 2.45) is 11.3 Å². The molecule has 1 aromatic carbocycles. The van der Waals surface area contributed by atoms with E-state index >= 15 is 0 Å². The molecule has 46 heavy (non-hydrogen) atoms. The quantitative estimate of drug-likeness (QED) is 0.317. The van der Waals surface area contributed by atoms with E-state index in [9.17, 15) is 14.4 Å². The molecular formula is C33H45NO12. The van der Waals surface area contributed by atoms with Crippen LogP contribution >= 0.6 is 0 Å². The van der Waals surface area contributed by atoms with Gasteiger partial charge in [-0.15, -0.1) is 0 Å². The van der Waals surface area contributed by atoms with Crippen LogP contribution in [-0.4, -0.2) is 112 Å². The molecule has 0 aromatic heterocycles. The first-order valence-electron chi connectivity index (χ1n) is 15.5. The molecule has 13 nitrogen and oxygen atoms in total. The highest BCUT2D eigenvalue weighted by atomic mass is 16.7. The number of hydrogen-bond donors (Lipinski definition) is 0. The lowest BCUT2D eigenvalue weighted by atomic mass is 9.72. The standard InChI is InChI=1S/C33H45NO12/c1-18-15-33(40-8,46-20(3)19(18)2)27(45-30(36)21-12-10-9-11-13-21)28(35)34-29-25-24(42-17-43-29)26(39-7)32(4,5)23(44-25)14-22(38-6)16-41-31(34)37/h9-13,19-20,22-27,29H,1,14-17H2,2-8H3/t19-,20-,22+,23-,24+,25+,26-,27-,29+,33-/m1/s1. The third-order valence-corrected chi connectivity index (χ3v) is 9.84. The number of fused-ring (bicyclic) bond motifs is 1. The van der Waals surface area contributed by atoms with E-state index in [0.29, 0.717) is 12.0 Å². The number of esters is 1. The van der Waals surface area contributed by atoms with Gasteiger partial charge in [0, 0.05) is 45.5 Å². The molecule has 0 spiro atoms. The number of amides is 2. The van der Waals surface area contributed by atoms with Crippen LogP contribution in [0.4, 0.5) is 4.79 Å². The third-order valence-electron chi connectivity index (χ3n) is 9.84. The van der Waals surface area contributed by atoms with Crippen molar-refractivity contribution in [3.63, 3.8) is 0 Å². The number of imide groups is 1. The fourth-order valence-corrected chi connectivity index (χ4v) is 6.81. The second-order valence-corrected chi connectivity index (χ2v) is 12.9. The van der Waals surface area contributed by atoms with Gasteiger partial charge in [-0.3, -0.25) is 4.79 Å². The minimum Gasteiger partial charge on any atom is -0.446 e. The van der Waals surface area contributed by atoms with Crippen molar-refractivity contribution in [1.82, 2.24) is 4.90 Å². The highest BCUT2D eigenvalue weighted by Gasteiger charge is 2.61. The molecule has 5 rings (SSSR count). The van der Waals surface area contributed by atoms with Crippen LogP contribution < -0.4 is 0 Å². The van der Waals surface area contributed by atoms with Gasteiger partial charge in [-0.25, -0.2) is 14.5 Å². The van der Waals surface area contributed by atoms with Crippen molar-refractivity contribution in [1.29, 1.82) is 0 Å². The summed E-state index contributed by atoms with van der Waals surface area (Å²) >= 11 is 0. The number of nitrogens with zero attached hydrogens (tertiary/aromatic N) is 1. The summed E-state index contributed by atoms with van der Waals surface area (Å²) in [6.07, 6.45) is -7.55. The van der Waals surface area contributed by atoms with E-state index in [1.54, 1.807) is 44.4 Å². The normalized spacial score (nSPS) is 36.7. The smallest absolute Gasteiger partial charge is 0.419 e. The van der Waals surface area contributed by atoms with Gasteiger partial charge in [-0.2, -0.15) is 0 Å². The lowest BCUT2D eigenvalue weighted by molar-refractivity contribution is -0.346. The molecule has 0 radical (unpaired) electrons. The molecule has 4 saturated heterocycles. The lowest BCUT2D eigenvalue weighted by Gasteiger charge is -2.55. The molecule has 0 saturated carbocycles. The highest BCUT2D eigenvalue weighted by molar-refractivity contribution is 5.98. The van der Waals surface area contributed by atoms with Crippen LogP contribution in [0.5, 0.6) is 0 Å². The predicted octanol–water partition coefficient (Wildman–Crippen LogP) is 3.45. The molecule has 2 bridgehead atoms. The summed E-state index contributed by atoms with van der Waals surface area (Å²) < 4.78 is 54.1. The second kappa shape index (κ2) is 13.7. The Hall–Kier alpha value is -2.91. The molecule has 13 heteroatoms. The number of ether oxygens (including phenoxy) is 9. The Bertz CT molecular complexity index is 1290. The minimum atomic E-state index is -1.84. The van der Waals surface area contributed by atoms with Gasteiger partial charge >= 0.3 is 12.1 Å². The van der Waals surface area contributed by atoms with Crippen LogP contribution in [-0.2, 0) is 47.4 Å². The zero-order valence-corrected chi connectivity index (χ0v) is 27.5. The van der Waals surface area contributed by atoms with E-state index in [0.717, 1.165) is 4.90 Å². The molecule has 2 amide bonds. The average molecular weight is 648 g/mol. The fourth-order valence-electron chi connectivity index (χ4n) is 6.81. The fraction of sp³-hybridized carbons (Fsp3) is 0.667. The summed E-state index contributed by atoms with van der Waals surface area (Å²) in [5.41, 5.74) is 0.329. The van der Waals surface area contributed by atoms with Crippen molar-refractivity contribution in [2.45, 2.75) is 95.3 Å². The summed E-state index contributed by atoms with van der Waals surface area (Å²) in [4.78, 5) is 43.2. The highest BCUT2D eigenvalue weighted by Crippen LogP contribution is 2.46. The average Bonchev–Trinajstić information content (AvgIpc) is 3.04. The van der Waals surface area contributed by atoms with Gasteiger partial charge in [-0.05, 0) is 19.1 Å². The number of rotatable bonds is 7. The Balaban J connectivity index is 1.60. The van der Waals surface area contributed by atoms with E-state index in [1.807, 2.05) is 20.8 Å². The largest absolute Gasteiger partial charge is 0.446 e. The van der Waals surface area contributed by atoms with Gasteiger partial charge in [0.25, 0.3) is 5.91 Å². The Morgan fingerprint density at radius 1 is 1.04 bits per heavy atom. The molecule has 4 aliphatic heterocycles. The van der Waals surface area contributed by atoms with Crippen LogP contribution in [0.15, 0.2) is 42.5 Å². The SMILES string of the molecule is C=C1C[C@](OC)([C@H](OC(=O)c2ccccc2)C(=O)N2C(=O)OC[C@@H](OC)C[C@H]3O[C@H]4[C@H](OCO[C@@H]42)[C@@H](OC)C3(C)C)O[C@H](C)[C@@H]1C. The number of carbonyl (C=O) groups excluding carboxylic acids is 3. The monoisotopic (exact) mass is 647 g/mol. The third kappa shape index (κ3) is 6.21. The first kappa shape index (κ1) is 34.4. The Morgan fingerprint density at radius 2 is 1.76 bits per heavy atom. The van der Waals surface area contributed by atoms with Gasteiger partial charge in [0.1, 0.15) is 25.6 Å². The zero-order chi connectivity index (χ0) is 33.4. The molecular weight excluding hydrogens is 602 g/mol. The maximum absolute atomic E-state index is 14.9. The van der Waals surface area contributed by atoms with Crippen LogP contribution in [0, 0.1) is 11.3 Å². The van der Waals surface area contributed by atoms with Crippen LogP contribution in [0.2, 0.25) is 0 Å². The van der Waals surface area contributed by atoms with Crippen LogP contribution in [0.1, 0.15) is 50.9 Å². The van der Waals surface area contributed by atoms with Gasteiger partial charge in [0.15, 0.2) is 6.23 Å². The summed E-state index contributed by atoms with van der Waals surface area (Å²) in [6.45, 7) is 11.5. The Morgan fingerprint density at radius 3 is 2.39 bits per heavy atom. The number of hydrogen-bond acceptors (Lipinski definition) is 12. The molecule has 10 atom stereocenters. The maximum atomic E-state index is 14.9. The summed E-state index contributed by atoms with van der Waals surface area (Å²) in [6, 6.07) is 8.17. The van der Waals surface area contributed by atoms with Crippen molar-refractivity contribution < 1.29 is 57.0 Å². The van der Waals surface area contributed by atoms with Crippen LogP contribution in [0.25, 0.3) is 0 Å². The van der Waals surface area contributed by atoms with Gasteiger partial charge < -0.3 is 42.6 Å². The summed E-state index contributed by atoms with van der Waals surface area (Å²) in [5.74, 6) is -3.75. The first-order chi connectivity index (χ1) is 21.9. The number of methoxy groups -OCH3 is 3. The molecule has 4 aliphatic rings.